The number of sulfonamides is 1. The third-order valence-electron chi connectivity index (χ3n) is 7.84. The van der Waals surface area contributed by atoms with Crippen LogP contribution in [0.3, 0.4) is 0 Å². The minimum Gasteiger partial charge on any atom is -0.381 e. The fourth-order valence-corrected chi connectivity index (χ4v) is 7.18. The SMILES string of the molecule is C=CCC(Cc1ccccc1)NS(=O)(=O)c1cc2ccccc2nc1N1CCC2(CC1)CC(OC)C2. The molecule has 1 atom stereocenters. The summed E-state index contributed by atoms with van der Waals surface area (Å²) >= 11 is 0. The molecule has 1 aliphatic heterocycles. The Hall–Kier alpha value is -2.74. The molecule has 3 aromatic rings. The molecule has 190 valence electrons. The molecule has 36 heavy (non-hydrogen) atoms. The molecule has 1 N–H and O–H groups in total. The van der Waals surface area contributed by atoms with E-state index in [0.717, 1.165) is 55.2 Å². The van der Waals surface area contributed by atoms with Crippen LogP contribution in [0.2, 0.25) is 0 Å². The Morgan fingerprint density at radius 1 is 1.14 bits per heavy atom. The minimum absolute atomic E-state index is 0.252. The van der Waals surface area contributed by atoms with Gasteiger partial charge in [0.2, 0.25) is 10.0 Å². The number of anilines is 1. The molecule has 1 saturated carbocycles. The predicted octanol–water partition coefficient (Wildman–Crippen LogP) is 5.10. The number of methoxy groups -OCH3 is 1. The molecule has 1 spiro atoms. The van der Waals surface area contributed by atoms with Crippen LogP contribution >= 0.6 is 0 Å². The second-order valence-electron chi connectivity index (χ2n) is 10.3. The first kappa shape index (κ1) is 24.9. The number of aromatic nitrogens is 1. The van der Waals surface area contributed by atoms with Gasteiger partial charge in [0.15, 0.2) is 0 Å². The van der Waals surface area contributed by atoms with Gasteiger partial charge in [-0.15, -0.1) is 6.58 Å². The normalized spacial score (nSPS) is 18.8. The van der Waals surface area contributed by atoms with Crippen LogP contribution in [-0.2, 0) is 21.2 Å². The van der Waals surface area contributed by atoms with Crippen molar-refractivity contribution in [1.82, 2.24) is 9.71 Å². The highest BCUT2D eigenvalue weighted by atomic mass is 32.2. The van der Waals surface area contributed by atoms with Crippen LogP contribution in [-0.4, -0.2) is 45.7 Å². The van der Waals surface area contributed by atoms with Gasteiger partial charge in [0.25, 0.3) is 0 Å². The van der Waals surface area contributed by atoms with E-state index >= 15 is 0 Å². The molecule has 6 nitrogen and oxygen atoms in total. The molecule has 1 aromatic heterocycles. The third-order valence-corrected chi connectivity index (χ3v) is 9.36. The van der Waals surface area contributed by atoms with Crippen molar-refractivity contribution in [2.24, 2.45) is 5.41 Å². The predicted molar refractivity (Wildman–Crippen MR) is 145 cm³/mol. The van der Waals surface area contributed by atoms with Gasteiger partial charge in [-0.3, -0.25) is 0 Å². The zero-order chi connectivity index (χ0) is 25.2. The van der Waals surface area contributed by atoms with Crippen LogP contribution in [0, 0.1) is 5.41 Å². The Morgan fingerprint density at radius 3 is 2.53 bits per heavy atom. The number of para-hydroxylation sites is 1. The molecule has 2 aliphatic rings. The van der Waals surface area contributed by atoms with E-state index < -0.39 is 10.0 Å². The van der Waals surface area contributed by atoms with E-state index in [9.17, 15) is 8.42 Å². The van der Waals surface area contributed by atoms with Gasteiger partial charge in [0, 0.05) is 31.6 Å². The second-order valence-corrected chi connectivity index (χ2v) is 12.0. The topological polar surface area (TPSA) is 71.5 Å². The van der Waals surface area contributed by atoms with Gasteiger partial charge < -0.3 is 9.64 Å². The molecule has 0 bridgehead atoms. The van der Waals surface area contributed by atoms with Gasteiger partial charge in [0.1, 0.15) is 10.7 Å². The molecule has 2 heterocycles. The zero-order valence-corrected chi connectivity index (χ0v) is 21.7. The summed E-state index contributed by atoms with van der Waals surface area (Å²) in [5, 5.41) is 0.820. The molecule has 0 radical (unpaired) electrons. The first-order chi connectivity index (χ1) is 17.4. The molecule has 1 unspecified atom stereocenters. The highest BCUT2D eigenvalue weighted by molar-refractivity contribution is 7.89. The molecule has 2 fully saturated rings. The number of nitrogens with zero attached hydrogens (tertiary/aromatic N) is 2. The van der Waals surface area contributed by atoms with Gasteiger partial charge in [-0.05, 0) is 61.6 Å². The Morgan fingerprint density at radius 2 is 1.83 bits per heavy atom. The van der Waals surface area contributed by atoms with E-state index in [2.05, 4.69) is 16.2 Å². The molecular formula is C29H35N3O3S. The summed E-state index contributed by atoms with van der Waals surface area (Å²) in [5.41, 5.74) is 2.22. The van der Waals surface area contributed by atoms with Crippen molar-refractivity contribution in [2.45, 2.75) is 55.6 Å². The maximum absolute atomic E-state index is 13.9. The summed E-state index contributed by atoms with van der Waals surface area (Å²) in [4.78, 5) is 7.30. The van der Waals surface area contributed by atoms with E-state index in [0.29, 0.717) is 30.2 Å². The molecular weight excluding hydrogens is 470 g/mol. The van der Waals surface area contributed by atoms with Crippen molar-refractivity contribution in [3.63, 3.8) is 0 Å². The fraction of sp³-hybridized carbons (Fsp3) is 0.414. The summed E-state index contributed by atoms with van der Waals surface area (Å²) in [6, 6.07) is 19.2. The molecule has 0 amide bonds. The largest absolute Gasteiger partial charge is 0.381 e. The fourth-order valence-electron chi connectivity index (χ4n) is 5.74. The van der Waals surface area contributed by atoms with Gasteiger partial charge >= 0.3 is 0 Å². The zero-order valence-electron chi connectivity index (χ0n) is 20.9. The standard InChI is InChI=1S/C29H35N3O3S/c1-3-9-24(18-22-10-5-4-6-11-22)31-36(33,34)27-19-23-12-7-8-13-26(23)30-28(27)32-16-14-29(15-17-32)20-25(21-29)35-2/h3-8,10-13,19,24-25,31H,1,9,14-18,20-21H2,2H3. The third kappa shape index (κ3) is 5.19. The number of hydrogen-bond acceptors (Lipinski definition) is 5. The molecule has 5 rings (SSSR count). The van der Waals surface area contributed by atoms with Crippen molar-refractivity contribution < 1.29 is 13.2 Å². The molecule has 7 heteroatoms. The number of ether oxygens (including phenoxy) is 1. The van der Waals surface area contributed by atoms with Gasteiger partial charge in [-0.2, -0.15) is 0 Å². The highest BCUT2D eigenvalue weighted by Crippen LogP contribution is 2.50. The van der Waals surface area contributed by atoms with E-state index in [-0.39, 0.29) is 10.9 Å². The van der Waals surface area contributed by atoms with Crippen LogP contribution in [0.15, 0.2) is 78.2 Å². The number of rotatable bonds is 9. The van der Waals surface area contributed by atoms with Crippen molar-refractivity contribution in [1.29, 1.82) is 0 Å². The van der Waals surface area contributed by atoms with Crippen LogP contribution in [0.5, 0.6) is 0 Å². The van der Waals surface area contributed by atoms with Crippen LogP contribution < -0.4 is 9.62 Å². The maximum atomic E-state index is 13.9. The average molecular weight is 506 g/mol. The van der Waals surface area contributed by atoms with Crippen molar-refractivity contribution in [2.75, 3.05) is 25.1 Å². The lowest BCUT2D eigenvalue weighted by atomic mass is 9.61. The van der Waals surface area contributed by atoms with Gasteiger partial charge in [-0.25, -0.2) is 18.1 Å². The molecule has 2 aromatic carbocycles. The Balaban J connectivity index is 1.44. The lowest BCUT2D eigenvalue weighted by Crippen LogP contribution is -2.50. The van der Waals surface area contributed by atoms with Crippen LogP contribution in [0.1, 0.15) is 37.7 Å². The quantitative estimate of drug-likeness (QED) is 0.410. The van der Waals surface area contributed by atoms with Gasteiger partial charge in [0.05, 0.1) is 11.6 Å². The van der Waals surface area contributed by atoms with E-state index in [4.69, 9.17) is 9.72 Å². The molecule has 1 aliphatic carbocycles. The minimum atomic E-state index is -3.83. The van der Waals surface area contributed by atoms with E-state index in [1.165, 1.54) is 0 Å². The van der Waals surface area contributed by atoms with E-state index in [1.807, 2.05) is 54.6 Å². The van der Waals surface area contributed by atoms with Crippen molar-refractivity contribution in [3.8, 4) is 0 Å². The summed E-state index contributed by atoms with van der Waals surface area (Å²) < 4.78 is 36.2. The van der Waals surface area contributed by atoms with Crippen LogP contribution in [0.25, 0.3) is 10.9 Å². The maximum Gasteiger partial charge on any atom is 0.244 e. The molecule has 1 saturated heterocycles. The average Bonchev–Trinajstić information content (AvgIpc) is 2.87. The summed E-state index contributed by atoms with van der Waals surface area (Å²) in [5.74, 6) is 0.552. The first-order valence-corrected chi connectivity index (χ1v) is 14.2. The lowest BCUT2D eigenvalue weighted by Gasteiger charge is -2.51. The highest BCUT2D eigenvalue weighted by Gasteiger charge is 2.46. The number of pyridine rings is 1. The Labute approximate surface area is 214 Å². The monoisotopic (exact) mass is 505 g/mol. The number of hydrogen-bond donors (Lipinski definition) is 1. The van der Waals surface area contributed by atoms with Crippen LogP contribution in [0.4, 0.5) is 5.82 Å². The van der Waals surface area contributed by atoms with Crippen molar-refractivity contribution in [3.05, 3.63) is 78.9 Å². The summed E-state index contributed by atoms with van der Waals surface area (Å²) in [6.45, 7) is 5.44. The second kappa shape index (κ2) is 10.3. The van der Waals surface area contributed by atoms with Gasteiger partial charge in [-0.1, -0.05) is 54.6 Å². The number of piperidine rings is 1. The number of benzene rings is 2. The van der Waals surface area contributed by atoms with Crippen molar-refractivity contribution >= 4 is 26.7 Å². The smallest absolute Gasteiger partial charge is 0.244 e. The first-order valence-electron chi connectivity index (χ1n) is 12.8. The number of fused-ring (bicyclic) bond motifs is 1. The Kier molecular flexibility index (Phi) is 7.15. The summed E-state index contributed by atoms with van der Waals surface area (Å²) in [7, 11) is -2.04. The lowest BCUT2D eigenvalue weighted by molar-refractivity contribution is -0.0709. The number of nitrogens with one attached hydrogen (secondary N) is 1. The Bertz CT molecular complexity index is 1310. The van der Waals surface area contributed by atoms with E-state index in [1.54, 1.807) is 19.3 Å². The summed E-state index contributed by atoms with van der Waals surface area (Å²) in [6.07, 6.45) is 7.51.